The third kappa shape index (κ3) is 5.62. The van der Waals surface area contributed by atoms with Crippen molar-refractivity contribution in [3.8, 4) is 22.5 Å². The van der Waals surface area contributed by atoms with Gasteiger partial charge in [0.1, 0.15) is 12.4 Å². The van der Waals surface area contributed by atoms with Crippen LogP contribution >= 0.6 is 0 Å². The molecule has 0 saturated heterocycles. The van der Waals surface area contributed by atoms with Gasteiger partial charge >= 0.3 is 0 Å². The molecule has 4 aromatic rings. The summed E-state index contributed by atoms with van der Waals surface area (Å²) < 4.78 is 18.7. The predicted molar refractivity (Wildman–Crippen MR) is 120 cm³/mol. The molecule has 0 spiro atoms. The maximum absolute atomic E-state index is 13.2. The van der Waals surface area contributed by atoms with Gasteiger partial charge < -0.3 is 10.1 Å². The molecule has 0 aliphatic heterocycles. The number of carbonyl (C=O) groups is 1. The Morgan fingerprint density at radius 3 is 2.29 bits per heavy atom. The normalized spacial score (nSPS) is 10.6. The van der Waals surface area contributed by atoms with E-state index in [0.29, 0.717) is 12.3 Å². The quantitative estimate of drug-likeness (QED) is 0.423. The van der Waals surface area contributed by atoms with E-state index in [0.717, 1.165) is 28.1 Å². The van der Waals surface area contributed by atoms with Gasteiger partial charge in [0.25, 0.3) is 0 Å². The number of nitrogens with one attached hydrogen (secondary N) is 1. The van der Waals surface area contributed by atoms with Crippen LogP contribution in [-0.4, -0.2) is 17.5 Å². The molecular weight excluding hydrogens is 391 g/mol. The number of rotatable bonds is 7. The van der Waals surface area contributed by atoms with E-state index in [4.69, 9.17) is 4.74 Å². The Balaban J connectivity index is 1.41. The molecule has 4 rings (SSSR count). The largest absolute Gasteiger partial charge is 0.367 e. The molecule has 0 atom stereocenters. The van der Waals surface area contributed by atoms with Crippen LogP contribution in [0.15, 0.2) is 97.1 Å². The molecule has 0 unspecified atom stereocenters. The Bertz CT molecular complexity index is 1160. The van der Waals surface area contributed by atoms with Crippen LogP contribution in [0.5, 0.6) is 0 Å². The number of carbonyl (C=O) groups excluding carboxylic acids is 1. The average Bonchev–Trinajstić information content (AvgIpc) is 2.80. The molecule has 5 heteroatoms. The van der Waals surface area contributed by atoms with Crippen molar-refractivity contribution in [1.82, 2.24) is 4.98 Å². The van der Waals surface area contributed by atoms with Crippen LogP contribution in [-0.2, 0) is 16.1 Å². The van der Waals surface area contributed by atoms with E-state index in [9.17, 15) is 9.18 Å². The van der Waals surface area contributed by atoms with Gasteiger partial charge in [0.2, 0.25) is 5.91 Å². The Kier molecular flexibility index (Phi) is 6.45. The van der Waals surface area contributed by atoms with Crippen molar-refractivity contribution in [1.29, 1.82) is 0 Å². The summed E-state index contributed by atoms with van der Waals surface area (Å²) in [4.78, 5) is 16.9. The molecular formula is C26H21FN2O2. The number of ether oxygens (including phenoxy) is 1. The number of halogens is 1. The van der Waals surface area contributed by atoms with Crippen LogP contribution in [0.2, 0.25) is 0 Å². The molecule has 0 aliphatic carbocycles. The molecule has 0 fully saturated rings. The number of aromatic nitrogens is 1. The molecule has 0 bridgehead atoms. The lowest BCUT2D eigenvalue weighted by Crippen LogP contribution is -2.18. The Labute approximate surface area is 180 Å². The van der Waals surface area contributed by atoms with Gasteiger partial charge in [-0.2, -0.15) is 0 Å². The molecule has 1 heterocycles. The standard InChI is InChI=1S/C26H21FN2O2/c27-22-14-12-20(13-15-22)24-10-5-11-25(29-24)21-8-4-9-23(16-21)28-26(30)18-31-17-19-6-2-1-3-7-19/h1-16H,17-18H2,(H,28,30). The summed E-state index contributed by atoms with van der Waals surface area (Å²) in [6, 6.07) is 29.1. The van der Waals surface area contributed by atoms with Crippen molar-refractivity contribution in [3.63, 3.8) is 0 Å². The zero-order valence-corrected chi connectivity index (χ0v) is 16.8. The van der Waals surface area contributed by atoms with E-state index < -0.39 is 0 Å². The van der Waals surface area contributed by atoms with Gasteiger partial charge in [-0.15, -0.1) is 0 Å². The van der Waals surface area contributed by atoms with Gasteiger partial charge in [-0.25, -0.2) is 9.37 Å². The summed E-state index contributed by atoms with van der Waals surface area (Å²) in [5, 5.41) is 2.86. The van der Waals surface area contributed by atoms with Crippen molar-refractivity contribution >= 4 is 11.6 Å². The lowest BCUT2D eigenvalue weighted by atomic mass is 10.1. The summed E-state index contributed by atoms with van der Waals surface area (Å²) >= 11 is 0. The first kappa shape index (κ1) is 20.4. The number of hydrogen-bond acceptors (Lipinski definition) is 3. The van der Waals surface area contributed by atoms with Crippen molar-refractivity contribution in [2.45, 2.75) is 6.61 Å². The summed E-state index contributed by atoms with van der Waals surface area (Å²) in [6.45, 7) is 0.353. The highest BCUT2D eigenvalue weighted by Gasteiger charge is 2.07. The molecule has 1 aromatic heterocycles. The lowest BCUT2D eigenvalue weighted by molar-refractivity contribution is -0.121. The van der Waals surface area contributed by atoms with Crippen LogP contribution in [0.3, 0.4) is 0 Å². The predicted octanol–water partition coefficient (Wildman–Crippen LogP) is 5.71. The van der Waals surface area contributed by atoms with Gasteiger partial charge in [0, 0.05) is 16.8 Å². The zero-order chi connectivity index (χ0) is 21.5. The molecule has 3 aromatic carbocycles. The highest BCUT2D eigenvalue weighted by Crippen LogP contribution is 2.25. The number of nitrogens with zero attached hydrogens (tertiary/aromatic N) is 1. The Morgan fingerprint density at radius 1 is 0.806 bits per heavy atom. The summed E-state index contributed by atoms with van der Waals surface area (Å²) in [7, 11) is 0. The minimum absolute atomic E-state index is 0.0303. The molecule has 1 amide bonds. The molecule has 0 saturated carbocycles. The van der Waals surface area contributed by atoms with Crippen LogP contribution in [0.4, 0.5) is 10.1 Å². The second kappa shape index (κ2) is 9.78. The molecule has 1 N–H and O–H groups in total. The van der Waals surface area contributed by atoms with Crippen molar-refractivity contribution in [2.24, 2.45) is 0 Å². The smallest absolute Gasteiger partial charge is 0.250 e. The summed E-state index contributed by atoms with van der Waals surface area (Å²) in [5.41, 5.74) is 4.90. The van der Waals surface area contributed by atoms with Crippen LogP contribution < -0.4 is 5.32 Å². The van der Waals surface area contributed by atoms with Gasteiger partial charge in [-0.3, -0.25) is 4.79 Å². The third-order valence-corrected chi connectivity index (χ3v) is 4.68. The third-order valence-electron chi connectivity index (χ3n) is 4.68. The highest BCUT2D eigenvalue weighted by atomic mass is 19.1. The van der Waals surface area contributed by atoms with Gasteiger partial charge in [-0.05, 0) is 54.1 Å². The molecule has 31 heavy (non-hydrogen) atoms. The number of hydrogen-bond donors (Lipinski definition) is 1. The second-order valence-corrected chi connectivity index (χ2v) is 7.02. The van der Waals surface area contributed by atoms with Gasteiger partial charge in [0.05, 0.1) is 18.0 Å². The second-order valence-electron chi connectivity index (χ2n) is 7.02. The number of amides is 1. The Morgan fingerprint density at radius 2 is 1.52 bits per heavy atom. The minimum Gasteiger partial charge on any atom is -0.367 e. The zero-order valence-electron chi connectivity index (χ0n) is 16.8. The first-order chi connectivity index (χ1) is 15.2. The molecule has 4 nitrogen and oxygen atoms in total. The lowest BCUT2D eigenvalue weighted by Gasteiger charge is -2.09. The fraction of sp³-hybridized carbons (Fsp3) is 0.0769. The van der Waals surface area contributed by atoms with E-state index in [2.05, 4.69) is 10.3 Å². The maximum Gasteiger partial charge on any atom is 0.250 e. The Hall–Kier alpha value is -3.83. The number of benzene rings is 3. The van der Waals surface area contributed by atoms with Crippen LogP contribution in [0.1, 0.15) is 5.56 Å². The fourth-order valence-electron chi connectivity index (χ4n) is 3.17. The molecule has 0 aliphatic rings. The average molecular weight is 412 g/mol. The first-order valence-corrected chi connectivity index (χ1v) is 9.92. The van der Waals surface area contributed by atoms with Crippen molar-refractivity contribution < 1.29 is 13.9 Å². The summed E-state index contributed by atoms with van der Waals surface area (Å²) in [6.07, 6.45) is 0. The van der Waals surface area contributed by atoms with E-state index in [1.54, 1.807) is 12.1 Å². The van der Waals surface area contributed by atoms with E-state index in [1.807, 2.05) is 72.8 Å². The SMILES string of the molecule is O=C(COCc1ccccc1)Nc1cccc(-c2cccc(-c3ccc(F)cc3)n2)c1. The number of anilines is 1. The van der Waals surface area contributed by atoms with Crippen LogP contribution in [0.25, 0.3) is 22.5 Å². The van der Waals surface area contributed by atoms with Gasteiger partial charge in [0.15, 0.2) is 0 Å². The van der Waals surface area contributed by atoms with Gasteiger partial charge in [-0.1, -0.05) is 48.5 Å². The minimum atomic E-state index is -0.281. The van der Waals surface area contributed by atoms with Crippen molar-refractivity contribution in [3.05, 3.63) is 108 Å². The molecule has 0 radical (unpaired) electrons. The van der Waals surface area contributed by atoms with E-state index in [1.165, 1.54) is 12.1 Å². The topological polar surface area (TPSA) is 51.2 Å². The molecule has 154 valence electrons. The summed E-state index contributed by atoms with van der Waals surface area (Å²) in [5.74, 6) is -0.503. The number of pyridine rings is 1. The monoisotopic (exact) mass is 412 g/mol. The first-order valence-electron chi connectivity index (χ1n) is 9.92. The fourth-order valence-corrected chi connectivity index (χ4v) is 3.17. The van der Waals surface area contributed by atoms with Crippen molar-refractivity contribution in [2.75, 3.05) is 11.9 Å². The maximum atomic E-state index is 13.2. The highest BCUT2D eigenvalue weighted by molar-refractivity contribution is 5.92. The van der Waals surface area contributed by atoms with E-state index in [-0.39, 0.29) is 18.3 Å². The van der Waals surface area contributed by atoms with Crippen LogP contribution in [0, 0.1) is 5.82 Å². The van der Waals surface area contributed by atoms with E-state index >= 15 is 0 Å².